The molecule has 1 aromatic rings. The molecule has 0 amide bonds. The zero-order chi connectivity index (χ0) is 11.9. The molecular weight excluding hydrogens is 273 g/mol. The van der Waals surface area contributed by atoms with Gasteiger partial charge in [0.25, 0.3) is 0 Å². The predicted molar refractivity (Wildman–Crippen MR) is 65.4 cm³/mol. The van der Waals surface area contributed by atoms with E-state index >= 15 is 0 Å². The zero-order valence-corrected chi connectivity index (χ0v) is 11.0. The molecule has 88 valence electrons. The third-order valence-corrected chi connectivity index (χ3v) is 4.00. The van der Waals surface area contributed by atoms with Crippen LogP contribution in [0, 0.1) is 12.7 Å². The van der Waals surface area contributed by atoms with E-state index in [1.807, 2.05) is 0 Å². The lowest BCUT2D eigenvalue weighted by molar-refractivity contribution is 0.398. The van der Waals surface area contributed by atoms with Crippen LogP contribution in [0.15, 0.2) is 10.5 Å². The summed E-state index contributed by atoms with van der Waals surface area (Å²) in [7, 11) is 1.60. The minimum absolute atomic E-state index is 0.0694. The van der Waals surface area contributed by atoms with Crippen molar-refractivity contribution in [2.45, 2.75) is 25.2 Å². The molecule has 0 saturated heterocycles. The summed E-state index contributed by atoms with van der Waals surface area (Å²) in [5.74, 6) is 0.518. The summed E-state index contributed by atoms with van der Waals surface area (Å²) >= 11 is 3.34. The Hall–Kier alpha value is -0.610. The lowest BCUT2D eigenvalue weighted by Crippen LogP contribution is -2.22. The first-order chi connectivity index (χ1) is 7.55. The van der Waals surface area contributed by atoms with Gasteiger partial charge in [-0.3, -0.25) is 0 Å². The number of hydrogen-bond donors (Lipinski definition) is 1. The van der Waals surface area contributed by atoms with Crippen LogP contribution in [-0.2, 0) is 5.41 Å². The summed E-state index contributed by atoms with van der Waals surface area (Å²) in [4.78, 5) is 0. The average Bonchev–Trinajstić information content (AvgIpc) is 3.03. The molecule has 1 fully saturated rings. The van der Waals surface area contributed by atoms with E-state index in [1.165, 1.54) is 6.07 Å². The van der Waals surface area contributed by atoms with Gasteiger partial charge in [-0.2, -0.15) is 0 Å². The second-order valence-corrected chi connectivity index (χ2v) is 5.21. The van der Waals surface area contributed by atoms with Gasteiger partial charge >= 0.3 is 0 Å². The summed E-state index contributed by atoms with van der Waals surface area (Å²) in [6, 6.07) is 1.45. The molecule has 0 aromatic heterocycles. The monoisotopic (exact) mass is 287 g/mol. The van der Waals surface area contributed by atoms with Crippen LogP contribution in [0.3, 0.4) is 0 Å². The summed E-state index contributed by atoms with van der Waals surface area (Å²) in [6.07, 6.45) is 2.02. The zero-order valence-electron chi connectivity index (χ0n) is 9.44. The van der Waals surface area contributed by atoms with Gasteiger partial charge in [0, 0.05) is 17.5 Å². The van der Waals surface area contributed by atoms with E-state index in [-0.39, 0.29) is 11.2 Å². The molecule has 0 unspecified atom stereocenters. The van der Waals surface area contributed by atoms with Crippen molar-refractivity contribution in [2.75, 3.05) is 13.7 Å². The molecule has 1 saturated carbocycles. The minimum atomic E-state index is -0.206. The molecule has 4 heteroatoms. The van der Waals surface area contributed by atoms with Gasteiger partial charge in [-0.05, 0) is 47.3 Å². The number of benzene rings is 1. The molecule has 0 radical (unpaired) electrons. The van der Waals surface area contributed by atoms with Gasteiger partial charge in [0.2, 0.25) is 0 Å². The van der Waals surface area contributed by atoms with E-state index in [0.29, 0.717) is 16.6 Å². The molecule has 16 heavy (non-hydrogen) atoms. The first-order valence-corrected chi connectivity index (χ1v) is 6.08. The Bertz CT molecular complexity index is 430. The largest absolute Gasteiger partial charge is 0.495 e. The van der Waals surface area contributed by atoms with Crippen LogP contribution in [0.5, 0.6) is 5.75 Å². The van der Waals surface area contributed by atoms with E-state index in [4.69, 9.17) is 10.5 Å². The first-order valence-electron chi connectivity index (χ1n) is 5.29. The highest BCUT2D eigenvalue weighted by molar-refractivity contribution is 9.10. The molecule has 0 bridgehead atoms. The van der Waals surface area contributed by atoms with Crippen molar-refractivity contribution in [1.29, 1.82) is 0 Å². The van der Waals surface area contributed by atoms with E-state index in [0.717, 1.165) is 24.2 Å². The maximum Gasteiger partial charge on any atom is 0.137 e. The number of nitrogens with two attached hydrogens (primary N) is 1. The summed E-state index contributed by atoms with van der Waals surface area (Å²) in [5, 5.41) is 0. The normalized spacial score (nSPS) is 17.3. The Morgan fingerprint density at radius 1 is 1.56 bits per heavy atom. The Kier molecular flexibility index (Phi) is 2.97. The fraction of sp³-hybridized carbons (Fsp3) is 0.500. The van der Waals surface area contributed by atoms with Gasteiger partial charge < -0.3 is 10.5 Å². The number of ether oxygens (including phenoxy) is 1. The van der Waals surface area contributed by atoms with Crippen molar-refractivity contribution in [1.82, 2.24) is 0 Å². The standard InChI is InChI=1S/C12H15BrFNO/c1-7-9(14)5-8(13)11(16-2)10(7)12(6-15)3-4-12/h5H,3-4,6,15H2,1-2H3. The molecule has 1 aliphatic rings. The Morgan fingerprint density at radius 3 is 2.62 bits per heavy atom. The lowest BCUT2D eigenvalue weighted by Gasteiger charge is -2.21. The van der Waals surface area contributed by atoms with Crippen LogP contribution in [0.1, 0.15) is 24.0 Å². The number of halogens is 2. The molecule has 0 atom stereocenters. The third-order valence-electron chi connectivity index (χ3n) is 3.41. The van der Waals surface area contributed by atoms with Gasteiger partial charge in [-0.1, -0.05) is 0 Å². The molecule has 2 N–H and O–H groups in total. The van der Waals surface area contributed by atoms with Gasteiger partial charge in [0.15, 0.2) is 0 Å². The molecule has 2 rings (SSSR count). The lowest BCUT2D eigenvalue weighted by atomic mass is 9.90. The fourth-order valence-electron chi connectivity index (χ4n) is 2.24. The first kappa shape index (κ1) is 11.9. The minimum Gasteiger partial charge on any atom is -0.495 e. The Labute approximate surface area is 103 Å². The third kappa shape index (κ3) is 1.64. The second-order valence-electron chi connectivity index (χ2n) is 4.36. The average molecular weight is 288 g/mol. The van der Waals surface area contributed by atoms with Crippen LogP contribution < -0.4 is 10.5 Å². The quantitative estimate of drug-likeness (QED) is 0.928. The van der Waals surface area contributed by atoms with E-state index in [1.54, 1.807) is 14.0 Å². The van der Waals surface area contributed by atoms with E-state index in [2.05, 4.69) is 15.9 Å². The van der Waals surface area contributed by atoms with E-state index in [9.17, 15) is 4.39 Å². The van der Waals surface area contributed by atoms with E-state index < -0.39 is 0 Å². The van der Waals surface area contributed by atoms with Crippen LogP contribution in [-0.4, -0.2) is 13.7 Å². The maximum atomic E-state index is 13.7. The van der Waals surface area contributed by atoms with Crippen LogP contribution in [0.4, 0.5) is 4.39 Å². The van der Waals surface area contributed by atoms with Crippen LogP contribution >= 0.6 is 15.9 Å². The maximum absolute atomic E-state index is 13.7. The van der Waals surface area contributed by atoms with Gasteiger partial charge in [0.1, 0.15) is 11.6 Å². The van der Waals surface area contributed by atoms with Gasteiger partial charge in [0.05, 0.1) is 11.6 Å². The summed E-state index contributed by atoms with van der Waals surface area (Å²) in [6.45, 7) is 2.33. The summed E-state index contributed by atoms with van der Waals surface area (Å²) in [5.41, 5.74) is 7.32. The molecule has 0 heterocycles. The van der Waals surface area contributed by atoms with Gasteiger partial charge in [-0.15, -0.1) is 0 Å². The Morgan fingerprint density at radius 2 is 2.19 bits per heavy atom. The van der Waals surface area contributed by atoms with Crippen molar-refractivity contribution in [3.05, 3.63) is 27.5 Å². The van der Waals surface area contributed by atoms with Crippen molar-refractivity contribution >= 4 is 15.9 Å². The fourth-order valence-corrected chi connectivity index (χ4v) is 2.80. The number of rotatable bonds is 3. The smallest absolute Gasteiger partial charge is 0.137 e. The van der Waals surface area contributed by atoms with Gasteiger partial charge in [-0.25, -0.2) is 4.39 Å². The van der Waals surface area contributed by atoms with Crippen molar-refractivity contribution in [3.63, 3.8) is 0 Å². The molecule has 0 aliphatic heterocycles. The number of methoxy groups -OCH3 is 1. The predicted octanol–water partition coefficient (Wildman–Crippen LogP) is 2.90. The van der Waals surface area contributed by atoms with Crippen LogP contribution in [0.25, 0.3) is 0 Å². The SMILES string of the molecule is COc1c(Br)cc(F)c(C)c1C1(CN)CC1. The molecule has 2 nitrogen and oxygen atoms in total. The Balaban J connectivity index is 2.66. The molecule has 1 aromatic carbocycles. The number of hydrogen-bond acceptors (Lipinski definition) is 2. The van der Waals surface area contributed by atoms with Crippen LogP contribution in [0.2, 0.25) is 0 Å². The second kappa shape index (κ2) is 4.00. The highest BCUT2D eigenvalue weighted by atomic mass is 79.9. The highest BCUT2D eigenvalue weighted by Crippen LogP contribution is 2.53. The highest BCUT2D eigenvalue weighted by Gasteiger charge is 2.46. The molecular formula is C12H15BrFNO. The molecule has 0 spiro atoms. The summed E-state index contributed by atoms with van der Waals surface area (Å²) < 4.78 is 19.8. The topological polar surface area (TPSA) is 35.2 Å². The van der Waals surface area contributed by atoms with Crippen molar-refractivity contribution in [3.8, 4) is 5.75 Å². The molecule has 1 aliphatic carbocycles. The van der Waals surface area contributed by atoms with Crippen molar-refractivity contribution in [2.24, 2.45) is 5.73 Å². The van der Waals surface area contributed by atoms with Crippen molar-refractivity contribution < 1.29 is 9.13 Å².